The lowest BCUT2D eigenvalue weighted by molar-refractivity contribution is 0.101. The number of hydrogen-bond donors (Lipinski definition) is 1. The van der Waals surface area contributed by atoms with Gasteiger partial charge >= 0.3 is 8.56 Å². The third kappa shape index (κ3) is 5.30. The van der Waals surface area contributed by atoms with Gasteiger partial charge in [-0.3, -0.25) is 0 Å². The Kier molecular flexibility index (Phi) is 6.73. The van der Waals surface area contributed by atoms with Gasteiger partial charge in [-0.1, -0.05) is 91.5 Å². The van der Waals surface area contributed by atoms with Crippen LogP contribution in [0.5, 0.6) is 11.5 Å². The fourth-order valence-corrected chi connectivity index (χ4v) is 7.33. The van der Waals surface area contributed by atoms with Crippen LogP contribution in [0, 0.1) is 0 Å². The third-order valence-electron chi connectivity index (χ3n) is 5.44. The van der Waals surface area contributed by atoms with Crippen LogP contribution in [0.1, 0.15) is 31.9 Å². The van der Waals surface area contributed by atoms with Crippen LogP contribution >= 0.6 is 0 Å². The van der Waals surface area contributed by atoms with Crippen LogP contribution in [-0.4, -0.2) is 19.3 Å². The van der Waals surface area contributed by atoms with Crippen LogP contribution in [-0.2, 0) is 4.43 Å². The molecule has 0 unspecified atom stereocenters. The molecule has 1 N–H and O–H groups in total. The molecule has 0 saturated heterocycles. The van der Waals surface area contributed by atoms with E-state index >= 15 is 0 Å². The van der Waals surface area contributed by atoms with Gasteiger partial charge in [-0.15, -0.1) is 0 Å². The minimum atomic E-state index is -3.09. The van der Waals surface area contributed by atoms with Gasteiger partial charge in [0.15, 0.2) is 0 Å². The van der Waals surface area contributed by atoms with Crippen LogP contribution in [0.4, 0.5) is 0 Å². The smallest absolute Gasteiger partial charge is 0.469 e. The molecule has 0 fully saturated rings. The predicted octanol–water partition coefficient (Wildman–Crippen LogP) is 5.90. The summed E-state index contributed by atoms with van der Waals surface area (Å²) in [5.41, 5.74) is 2.42. The summed E-state index contributed by atoms with van der Waals surface area (Å²) in [4.78, 5) is 0. The van der Waals surface area contributed by atoms with Crippen molar-refractivity contribution in [3.63, 3.8) is 0 Å². The lowest BCUT2D eigenvalue weighted by Crippen LogP contribution is -2.68. The number of rotatable bonds is 7. The Labute approximate surface area is 203 Å². The van der Waals surface area contributed by atoms with Gasteiger partial charge in [0.1, 0.15) is 11.5 Å². The molecule has 3 nitrogen and oxygen atoms in total. The molecule has 0 spiro atoms. The molecule has 4 aromatic carbocycles. The SMILES string of the molecule is C=C(c1ccc(O)cc1)c1ccc(O[Si](OC(C)(C)C)(c2ccccc2)c2ccccc2)cc1. The van der Waals surface area contributed by atoms with Crippen LogP contribution in [0.2, 0.25) is 0 Å². The van der Waals surface area contributed by atoms with E-state index < -0.39 is 14.2 Å². The summed E-state index contributed by atoms with van der Waals surface area (Å²) in [5.74, 6) is 0.980. The van der Waals surface area contributed by atoms with Crippen molar-refractivity contribution in [2.24, 2.45) is 0 Å². The van der Waals surface area contributed by atoms with E-state index in [2.05, 4.69) is 51.6 Å². The van der Waals surface area contributed by atoms with E-state index in [4.69, 9.17) is 8.85 Å². The molecule has 4 heteroatoms. The second-order valence-corrected chi connectivity index (χ2v) is 12.0. The quantitative estimate of drug-likeness (QED) is 0.345. The lowest BCUT2D eigenvalue weighted by Gasteiger charge is -2.37. The van der Waals surface area contributed by atoms with Gasteiger partial charge in [-0.2, -0.15) is 0 Å². The minimum Gasteiger partial charge on any atom is -0.514 e. The molecule has 0 saturated carbocycles. The Hall–Kier alpha value is -3.60. The average Bonchev–Trinajstić information content (AvgIpc) is 2.84. The zero-order valence-electron chi connectivity index (χ0n) is 19.9. The first-order valence-electron chi connectivity index (χ1n) is 11.4. The highest BCUT2D eigenvalue weighted by Gasteiger charge is 2.48. The van der Waals surface area contributed by atoms with Crippen molar-refractivity contribution in [1.29, 1.82) is 0 Å². The summed E-state index contributed by atoms with van der Waals surface area (Å²) < 4.78 is 13.7. The fraction of sp³-hybridized carbons (Fsp3) is 0.133. The van der Waals surface area contributed by atoms with E-state index in [9.17, 15) is 5.11 Å². The number of phenols is 1. The Bertz CT molecular complexity index is 1190. The minimum absolute atomic E-state index is 0.238. The highest BCUT2D eigenvalue weighted by molar-refractivity contribution is 6.93. The molecule has 0 bridgehead atoms. The normalized spacial score (nSPS) is 11.7. The summed E-state index contributed by atoms with van der Waals surface area (Å²) in [7, 11) is -3.09. The van der Waals surface area contributed by atoms with Gasteiger partial charge in [-0.25, -0.2) is 0 Å². The van der Waals surface area contributed by atoms with Gasteiger partial charge < -0.3 is 14.0 Å². The molecule has 0 aliphatic heterocycles. The van der Waals surface area contributed by atoms with Crippen LogP contribution in [0.25, 0.3) is 5.57 Å². The molecule has 0 heterocycles. The van der Waals surface area contributed by atoms with E-state index in [1.807, 2.05) is 72.8 Å². The van der Waals surface area contributed by atoms with Crippen LogP contribution in [0.15, 0.2) is 116 Å². The predicted molar refractivity (Wildman–Crippen MR) is 142 cm³/mol. The standard InChI is InChI=1S/C30H30O3Si/c1-23(24-15-19-26(31)20-16-24)25-17-21-27(22-18-25)32-34(33-30(2,3)4,28-11-7-5-8-12-28)29-13-9-6-10-14-29/h5-22,31H,1H2,2-4H3. The van der Waals surface area contributed by atoms with Crippen molar-refractivity contribution in [1.82, 2.24) is 0 Å². The van der Waals surface area contributed by atoms with Gasteiger partial charge in [0.25, 0.3) is 0 Å². The highest BCUT2D eigenvalue weighted by atomic mass is 28.4. The topological polar surface area (TPSA) is 38.7 Å². The van der Waals surface area contributed by atoms with Crippen LogP contribution < -0.4 is 14.8 Å². The summed E-state index contributed by atoms with van der Waals surface area (Å²) in [6, 6.07) is 35.5. The van der Waals surface area contributed by atoms with Crippen molar-refractivity contribution < 1.29 is 14.0 Å². The maximum atomic E-state index is 9.57. The summed E-state index contributed by atoms with van der Waals surface area (Å²) >= 11 is 0. The van der Waals surface area contributed by atoms with Gasteiger partial charge in [0.05, 0.1) is 5.60 Å². The number of hydrogen-bond acceptors (Lipinski definition) is 3. The van der Waals surface area contributed by atoms with E-state index in [0.717, 1.165) is 32.8 Å². The Morgan fingerprint density at radius 1 is 0.676 bits per heavy atom. The number of phenolic OH excluding ortho intramolecular Hbond substituents is 1. The van der Waals surface area contributed by atoms with E-state index in [0.29, 0.717) is 0 Å². The Morgan fingerprint density at radius 3 is 1.56 bits per heavy atom. The van der Waals surface area contributed by atoms with Gasteiger partial charge in [-0.05, 0) is 61.7 Å². The molecule has 34 heavy (non-hydrogen) atoms. The summed E-state index contributed by atoms with van der Waals surface area (Å²) in [6.07, 6.45) is 0. The van der Waals surface area contributed by atoms with Crippen LogP contribution in [0.3, 0.4) is 0 Å². The second-order valence-electron chi connectivity index (χ2n) is 9.21. The Balaban J connectivity index is 1.73. The first kappa shape index (κ1) is 23.6. The van der Waals surface area contributed by atoms with Crippen molar-refractivity contribution in [2.75, 3.05) is 0 Å². The summed E-state index contributed by atoms with van der Waals surface area (Å²) in [5, 5.41) is 11.7. The molecule has 4 aromatic rings. The molecule has 0 aromatic heterocycles. The molecule has 0 aliphatic carbocycles. The van der Waals surface area contributed by atoms with Crippen molar-refractivity contribution >= 4 is 24.5 Å². The van der Waals surface area contributed by atoms with Gasteiger partial charge in [0.2, 0.25) is 0 Å². The zero-order chi connectivity index (χ0) is 24.2. The molecule has 172 valence electrons. The molecule has 4 rings (SSSR count). The lowest BCUT2D eigenvalue weighted by atomic mass is 9.99. The molecule has 0 amide bonds. The highest BCUT2D eigenvalue weighted by Crippen LogP contribution is 2.27. The van der Waals surface area contributed by atoms with E-state index in [-0.39, 0.29) is 5.75 Å². The fourth-order valence-electron chi connectivity index (χ4n) is 3.89. The van der Waals surface area contributed by atoms with Crippen molar-refractivity contribution in [2.45, 2.75) is 26.4 Å². The molecular formula is C30H30O3Si. The van der Waals surface area contributed by atoms with E-state index in [1.54, 1.807) is 12.1 Å². The zero-order valence-corrected chi connectivity index (χ0v) is 20.9. The average molecular weight is 467 g/mol. The maximum absolute atomic E-state index is 9.57. The Morgan fingerprint density at radius 2 is 1.12 bits per heavy atom. The molecule has 0 atom stereocenters. The number of benzene rings is 4. The monoisotopic (exact) mass is 466 g/mol. The van der Waals surface area contributed by atoms with Crippen molar-refractivity contribution in [3.05, 3.63) is 127 Å². The largest absolute Gasteiger partial charge is 0.514 e. The molecule has 0 radical (unpaired) electrons. The molecule has 0 aliphatic rings. The van der Waals surface area contributed by atoms with Gasteiger partial charge in [0, 0.05) is 10.4 Å². The van der Waals surface area contributed by atoms with E-state index in [1.165, 1.54) is 0 Å². The third-order valence-corrected chi connectivity index (χ3v) is 9.05. The summed E-state index contributed by atoms with van der Waals surface area (Å²) in [6.45, 7) is 10.4. The first-order valence-corrected chi connectivity index (χ1v) is 13.2. The first-order chi connectivity index (χ1) is 16.3. The number of aromatic hydroxyl groups is 1. The second kappa shape index (κ2) is 9.72. The maximum Gasteiger partial charge on any atom is 0.469 e. The molecular weight excluding hydrogens is 436 g/mol. The van der Waals surface area contributed by atoms with Crippen molar-refractivity contribution in [3.8, 4) is 11.5 Å².